The van der Waals surface area contributed by atoms with Crippen LogP contribution in [0.4, 0.5) is 0 Å². The fraction of sp³-hybridized carbons (Fsp3) is 0.412. The highest BCUT2D eigenvalue weighted by Crippen LogP contribution is 2.20. The lowest BCUT2D eigenvalue weighted by molar-refractivity contribution is 0.0789. The summed E-state index contributed by atoms with van der Waals surface area (Å²) in [5.41, 5.74) is 9.47. The van der Waals surface area contributed by atoms with Crippen molar-refractivity contribution in [2.45, 2.75) is 32.9 Å². The van der Waals surface area contributed by atoms with E-state index in [1.165, 1.54) is 0 Å². The predicted octanol–water partition coefficient (Wildman–Crippen LogP) is 2.91. The second-order valence-corrected chi connectivity index (χ2v) is 7.05. The van der Waals surface area contributed by atoms with E-state index in [0.717, 1.165) is 34.4 Å². The minimum absolute atomic E-state index is 0. The van der Waals surface area contributed by atoms with Crippen LogP contribution in [0.25, 0.3) is 0 Å². The van der Waals surface area contributed by atoms with Crippen molar-refractivity contribution in [1.82, 2.24) is 14.7 Å². The fourth-order valence-corrected chi connectivity index (χ4v) is 3.55. The third kappa shape index (κ3) is 3.82. The minimum Gasteiger partial charge on any atom is -0.337 e. The van der Waals surface area contributed by atoms with E-state index in [0.29, 0.717) is 18.7 Å². The maximum absolute atomic E-state index is 12.8. The number of benzene rings is 1. The highest BCUT2D eigenvalue weighted by atomic mass is 79.9. The molecule has 1 saturated heterocycles. The molecule has 1 aromatic carbocycles. The molecule has 1 amide bonds. The van der Waals surface area contributed by atoms with Crippen LogP contribution in [0, 0.1) is 13.8 Å². The SMILES string of the molecule is Cc1nn(Cc2cccc(Br)c2)c(C)c1C(=O)N1CC[C@@H](N)C1.Cl. The monoisotopic (exact) mass is 412 g/mol. The Morgan fingerprint density at radius 3 is 2.79 bits per heavy atom. The van der Waals surface area contributed by atoms with Crippen molar-refractivity contribution < 1.29 is 4.79 Å². The van der Waals surface area contributed by atoms with Gasteiger partial charge in [0.05, 0.1) is 17.8 Å². The smallest absolute Gasteiger partial charge is 0.257 e. The molecule has 1 fully saturated rings. The van der Waals surface area contributed by atoms with Crippen LogP contribution in [-0.4, -0.2) is 39.7 Å². The standard InChI is InChI=1S/C17H21BrN4O.ClH/c1-11-16(17(23)21-7-6-15(19)10-21)12(2)22(20-11)9-13-4-3-5-14(18)8-13;/h3-5,8,15H,6-7,9-10,19H2,1-2H3;1H/t15-;/m1./s1. The van der Waals surface area contributed by atoms with Crippen LogP contribution < -0.4 is 5.73 Å². The highest BCUT2D eigenvalue weighted by Gasteiger charge is 2.28. The maximum Gasteiger partial charge on any atom is 0.257 e. The molecule has 0 bridgehead atoms. The van der Waals surface area contributed by atoms with Gasteiger partial charge in [0, 0.05) is 29.3 Å². The van der Waals surface area contributed by atoms with Crippen LogP contribution in [0.1, 0.15) is 33.7 Å². The molecule has 2 aromatic rings. The van der Waals surface area contributed by atoms with Crippen LogP contribution in [0.5, 0.6) is 0 Å². The van der Waals surface area contributed by atoms with E-state index in [4.69, 9.17) is 5.73 Å². The third-order valence-corrected chi connectivity index (χ3v) is 4.82. The Morgan fingerprint density at radius 1 is 1.42 bits per heavy atom. The molecule has 1 aliphatic heterocycles. The molecule has 0 unspecified atom stereocenters. The summed E-state index contributed by atoms with van der Waals surface area (Å²) in [6, 6.07) is 8.22. The topological polar surface area (TPSA) is 64.2 Å². The van der Waals surface area contributed by atoms with Crippen LogP contribution >= 0.6 is 28.3 Å². The predicted molar refractivity (Wildman–Crippen MR) is 101 cm³/mol. The van der Waals surface area contributed by atoms with Gasteiger partial charge in [-0.15, -0.1) is 12.4 Å². The number of rotatable bonds is 3. The summed E-state index contributed by atoms with van der Waals surface area (Å²) < 4.78 is 2.94. The number of carbonyl (C=O) groups excluding carboxylic acids is 1. The molecule has 2 N–H and O–H groups in total. The number of nitrogens with two attached hydrogens (primary N) is 1. The molecular weight excluding hydrogens is 392 g/mol. The molecule has 0 radical (unpaired) electrons. The molecule has 1 atom stereocenters. The van der Waals surface area contributed by atoms with Crippen molar-refractivity contribution in [3.8, 4) is 0 Å². The summed E-state index contributed by atoms with van der Waals surface area (Å²) in [4.78, 5) is 14.6. The molecule has 0 spiro atoms. The summed E-state index contributed by atoms with van der Waals surface area (Å²) in [6.45, 7) is 5.87. The van der Waals surface area contributed by atoms with E-state index in [-0.39, 0.29) is 24.4 Å². The van der Waals surface area contributed by atoms with Crippen LogP contribution in [0.15, 0.2) is 28.7 Å². The Balaban J connectivity index is 0.00000208. The molecule has 24 heavy (non-hydrogen) atoms. The highest BCUT2D eigenvalue weighted by molar-refractivity contribution is 9.10. The van der Waals surface area contributed by atoms with Crippen LogP contribution in [-0.2, 0) is 6.54 Å². The molecule has 2 heterocycles. The lowest BCUT2D eigenvalue weighted by atomic mass is 10.1. The molecule has 0 saturated carbocycles. The van der Waals surface area contributed by atoms with Gasteiger partial charge in [-0.05, 0) is 38.0 Å². The zero-order chi connectivity index (χ0) is 16.6. The first kappa shape index (κ1) is 19.0. The number of hydrogen-bond acceptors (Lipinski definition) is 3. The summed E-state index contributed by atoms with van der Waals surface area (Å²) >= 11 is 3.48. The largest absolute Gasteiger partial charge is 0.337 e. The number of nitrogens with zero attached hydrogens (tertiary/aromatic N) is 3. The van der Waals surface area contributed by atoms with Gasteiger partial charge in [0.2, 0.25) is 0 Å². The number of likely N-dealkylation sites (tertiary alicyclic amines) is 1. The van der Waals surface area contributed by atoms with Crippen LogP contribution in [0.3, 0.4) is 0 Å². The Morgan fingerprint density at radius 2 is 2.17 bits per heavy atom. The molecule has 1 aliphatic rings. The van der Waals surface area contributed by atoms with E-state index in [2.05, 4.69) is 33.2 Å². The van der Waals surface area contributed by atoms with Gasteiger partial charge in [-0.25, -0.2) is 0 Å². The fourth-order valence-electron chi connectivity index (χ4n) is 3.10. The van der Waals surface area contributed by atoms with Gasteiger partial charge < -0.3 is 10.6 Å². The number of amides is 1. The molecule has 130 valence electrons. The van der Waals surface area contributed by atoms with Gasteiger partial charge >= 0.3 is 0 Å². The Labute approximate surface area is 156 Å². The molecular formula is C17H22BrClN4O. The number of halogens is 2. The normalized spacial score (nSPS) is 17.0. The third-order valence-electron chi connectivity index (χ3n) is 4.33. The Kier molecular flexibility index (Phi) is 6.06. The van der Waals surface area contributed by atoms with Crippen molar-refractivity contribution in [2.24, 2.45) is 5.73 Å². The van der Waals surface area contributed by atoms with Crippen molar-refractivity contribution >= 4 is 34.2 Å². The summed E-state index contributed by atoms with van der Waals surface area (Å²) in [7, 11) is 0. The van der Waals surface area contributed by atoms with E-state index >= 15 is 0 Å². The Bertz CT molecular complexity index is 746. The average molecular weight is 414 g/mol. The average Bonchev–Trinajstić information content (AvgIpc) is 3.03. The second kappa shape index (κ2) is 7.68. The first-order valence-electron chi connectivity index (χ1n) is 7.79. The minimum atomic E-state index is 0. The number of carbonyl (C=O) groups is 1. The lowest BCUT2D eigenvalue weighted by Gasteiger charge is -2.16. The van der Waals surface area contributed by atoms with Gasteiger partial charge in [0.1, 0.15) is 0 Å². The van der Waals surface area contributed by atoms with E-state index in [1.54, 1.807) is 0 Å². The van der Waals surface area contributed by atoms with Crippen molar-refractivity contribution in [1.29, 1.82) is 0 Å². The zero-order valence-electron chi connectivity index (χ0n) is 13.8. The van der Waals surface area contributed by atoms with Crippen molar-refractivity contribution in [3.63, 3.8) is 0 Å². The molecule has 0 aliphatic carbocycles. The molecule has 1 aromatic heterocycles. The van der Waals surface area contributed by atoms with E-state index in [1.807, 2.05) is 35.6 Å². The second-order valence-electron chi connectivity index (χ2n) is 6.13. The number of aryl methyl sites for hydroxylation is 1. The number of aromatic nitrogens is 2. The quantitative estimate of drug-likeness (QED) is 0.841. The van der Waals surface area contributed by atoms with Gasteiger partial charge in [0.15, 0.2) is 0 Å². The van der Waals surface area contributed by atoms with E-state index < -0.39 is 0 Å². The first-order chi connectivity index (χ1) is 11.0. The zero-order valence-corrected chi connectivity index (χ0v) is 16.2. The maximum atomic E-state index is 12.8. The Hall–Kier alpha value is -1.37. The first-order valence-corrected chi connectivity index (χ1v) is 8.58. The molecule has 3 rings (SSSR count). The summed E-state index contributed by atoms with van der Waals surface area (Å²) in [5, 5.41) is 4.57. The van der Waals surface area contributed by atoms with Gasteiger partial charge in [-0.2, -0.15) is 5.10 Å². The van der Waals surface area contributed by atoms with Gasteiger partial charge in [0.25, 0.3) is 5.91 Å². The van der Waals surface area contributed by atoms with Gasteiger partial charge in [-0.1, -0.05) is 28.1 Å². The molecule has 5 nitrogen and oxygen atoms in total. The molecule has 7 heteroatoms. The summed E-state index contributed by atoms with van der Waals surface area (Å²) in [6.07, 6.45) is 0.871. The van der Waals surface area contributed by atoms with Crippen LogP contribution in [0.2, 0.25) is 0 Å². The lowest BCUT2D eigenvalue weighted by Crippen LogP contribution is -2.32. The van der Waals surface area contributed by atoms with Gasteiger partial charge in [-0.3, -0.25) is 9.48 Å². The van der Waals surface area contributed by atoms with Crippen molar-refractivity contribution in [3.05, 3.63) is 51.3 Å². The number of hydrogen-bond donors (Lipinski definition) is 1. The van der Waals surface area contributed by atoms with Crippen molar-refractivity contribution in [2.75, 3.05) is 13.1 Å². The summed E-state index contributed by atoms with van der Waals surface area (Å²) in [5.74, 6) is 0.0495. The van der Waals surface area contributed by atoms with E-state index in [9.17, 15) is 4.79 Å².